The second-order valence-electron chi connectivity index (χ2n) is 5.91. The zero-order valence-electron chi connectivity index (χ0n) is 10.5. The molecule has 0 unspecified atom stereocenters. The zero-order chi connectivity index (χ0) is 13.1. The van der Waals surface area contributed by atoms with Gasteiger partial charge >= 0.3 is 0 Å². The first-order valence-corrected chi connectivity index (χ1v) is 6.83. The molecule has 0 radical (unpaired) electrons. The Bertz CT molecular complexity index is 537. The molecule has 4 heteroatoms. The molecule has 3 fully saturated rings. The SMILES string of the molecule is O=C1[C@@H]2[C@@H]3CC[C@@H](C3)[C@H]2C(=O)N1c1ccc(O)cc1. The number of phenolic OH excluding ortho intramolecular Hbond substituents is 1. The first kappa shape index (κ1) is 11.0. The average Bonchev–Trinajstić information content (AvgIpc) is 3.06. The number of carbonyl (C=O) groups excluding carboxylic acids is 2. The van der Waals surface area contributed by atoms with E-state index in [4.69, 9.17) is 0 Å². The number of hydrogen-bond donors (Lipinski definition) is 1. The number of anilines is 1. The van der Waals surface area contributed by atoms with Gasteiger partial charge in [-0.15, -0.1) is 0 Å². The molecular weight excluding hydrogens is 242 g/mol. The van der Waals surface area contributed by atoms with Crippen LogP contribution >= 0.6 is 0 Å². The Morgan fingerprint density at radius 3 is 2.00 bits per heavy atom. The van der Waals surface area contributed by atoms with Gasteiger partial charge < -0.3 is 5.11 Å². The lowest BCUT2D eigenvalue weighted by Crippen LogP contribution is -2.32. The van der Waals surface area contributed by atoms with E-state index in [1.165, 1.54) is 17.0 Å². The van der Waals surface area contributed by atoms with Gasteiger partial charge in [-0.3, -0.25) is 14.5 Å². The first-order chi connectivity index (χ1) is 9.16. The Balaban J connectivity index is 1.73. The van der Waals surface area contributed by atoms with Crippen LogP contribution in [0, 0.1) is 23.7 Å². The van der Waals surface area contributed by atoms with Gasteiger partial charge in [0.2, 0.25) is 11.8 Å². The van der Waals surface area contributed by atoms with Crippen molar-refractivity contribution in [1.29, 1.82) is 0 Å². The number of benzene rings is 1. The number of fused-ring (bicyclic) bond motifs is 5. The predicted octanol–water partition coefficient (Wildman–Crippen LogP) is 1.93. The molecule has 3 aliphatic rings. The van der Waals surface area contributed by atoms with E-state index in [0.717, 1.165) is 19.3 Å². The lowest BCUT2D eigenvalue weighted by Gasteiger charge is -2.19. The fraction of sp³-hybridized carbons (Fsp3) is 0.467. The van der Waals surface area contributed by atoms with Crippen molar-refractivity contribution in [3.8, 4) is 5.75 Å². The van der Waals surface area contributed by atoms with E-state index in [0.29, 0.717) is 17.5 Å². The van der Waals surface area contributed by atoms with Crippen molar-refractivity contribution in [3.05, 3.63) is 24.3 Å². The second kappa shape index (κ2) is 3.59. The maximum atomic E-state index is 12.5. The molecule has 4 atom stereocenters. The van der Waals surface area contributed by atoms with Crippen molar-refractivity contribution in [3.63, 3.8) is 0 Å². The van der Waals surface area contributed by atoms with E-state index in [1.54, 1.807) is 12.1 Å². The topological polar surface area (TPSA) is 57.6 Å². The van der Waals surface area contributed by atoms with Gasteiger partial charge in [0.15, 0.2) is 0 Å². The quantitative estimate of drug-likeness (QED) is 0.782. The van der Waals surface area contributed by atoms with E-state index in [1.807, 2.05) is 0 Å². The van der Waals surface area contributed by atoms with Gasteiger partial charge in [-0.1, -0.05) is 0 Å². The van der Waals surface area contributed by atoms with Crippen LogP contribution in [0.3, 0.4) is 0 Å². The predicted molar refractivity (Wildman–Crippen MR) is 68.4 cm³/mol. The Morgan fingerprint density at radius 1 is 0.947 bits per heavy atom. The summed E-state index contributed by atoms with van der Waals surface area (Å²) in [6.45, 7) is 0. The van der Waals surface area contributed by atoms with Crippen molar-refractivity contribution in [2.75, 3.05) is 4.90 Å². The molecule has 19 heavy (non-hydrogen) atoms. The Labute approximate surface area is 111 Å². The summed E-state index contributed by atoms with van der Waals surface area (Å²) in [4.78, 5) is 26.4. The van der Waals surface area contributed by atoms with Gasteiger partial charge in [-0.05, 0) is 55.4 Å². The van der Waals surface area contributed by atoms with Crippen molar-refractivity contribution < 1.29 is 14.7 Å². The number of imide groups is 1. The van der Waals surface area contributed by atoms with Crippen LogP contribution in [0.4, 0.5) is 5.69 Å². The average molecular weight is 257 g/mol. The molecule has 2 aliphatic carbocycles. The molecule has 1 heterocycles. The lowest BCUT2D eigenvalue weighted by molar-refractivity contribution is -0.123. The smallest absolute Gasteiger partial charge is 0.237 e. The van der Waals surface area contributed by atoms with E-state index >= 15 is 0 Å². The van der Waals surface area contributed by atoms with Crippen LogP contribution in [0.1, 0.15) is 19.3 Å². The van der Waals surface area contributed by atoms with Crippen LogP contribution in [0.15, 0.2) is 24.3 Å². The van der Waals surface area contributed by atoms with E-state index in [9.17, 15) is 14.7 Å². The highest BCUT2D eigenvalue weighted by molar-refractivity contribution is 6.22. The lowest BCUT2D eigenvalue weighted by atomic mass is 9.81. The maximum absolute atomic E-state index is 12.5. The van der Waals surface area contributed by atoms with Gasteiger partial charge in [-0.2, -0.15) is 0 Å². The van der Waals surface area contributed by atoms with E-state index in [-0.39, 0.29) is 29.4 Å². The third kappa shape index (κ3) is 1.34. The molecule has 1 aliphatic heterocycles. The van der Waals surface area contributed by atoms with Crippen molar-refractivity contribution >= 4 is 17.5 Å². The number of carbonyl (C=O) groups is 2. The fourth-order valence-corrected chi connectivity index (χ4v) is 4.26. The molecule has 1 saturated heterocycles. The largest absolute Gasteiger partial charge is 0.508 e. The standard InChI is InChI=1S/C15H15NO3/c17-11-5-3-10(4-6-11)16-14(18)12-8-1-2-9(7-8)13(12)15(16)19/h3-6,8-9,12-13,17H,1-2,7H2/t8-,9+,12-,13-/m1/s1. The molecule has 4 rings (SSSR count). The highest BCUT2D eigenvalue weighted by Crippen LogP contribution is 2.56. The van der Waals surface area contributed by atoms with Crippen LogP contribution in [0.25, 0.3) is 0 Å². The van der Waals surface area contributed by atoms with Crippen molar-refractivity contribution in [1.82, 2.24) is 0 Å². The van der Waals surface area contributed by atoms with Crippen LogP contribution in [-0.2, 0) is 9.59 Å². The third-order valence-electron chi connectivity index (χ3n) is 5.04. The van der Waals surface area contributed by atoms with Crippen molar-refractivity contribution in [2.45, 2.75) is 19.3 Å². The molecular formula is C15H15NO3. The molecule has 2 amide bonds. The molecule has 1 aromatic carbocycles. The number of rotatable bonds is 1. The summed E-state index contributed by atoms with van der Waals surface area (Å²) in [6, 6.07) is 6.29. The Hall–Kier alpha value is -1.84. The summed E-state index contributed by atoms with van der Waals surface area (Å²) in [5.74, 6) is 0.728. The number of nitrogens with zero attached hydrogens (tertiary/aromatic N) is 1. The summed E-state index contributed by atoms with van der Waals surface area (Å²) in [6.07, 6.45) is 3.23. The fourth-order valence-electron chi connectivity index (χ4n) is 4.26. The molecule has 2 saturated carbocycles. The number of amides is 2. The maximum Gasteiger partial charge on any atom is 0.237 e. The third-order valence-corrected chi connectivity index (χ3v) is 5.04. The van der Waals surface area contributed by atoms with Crippen LogP contribution in [-0.4, -0.2) is 16.9 Å². The molecule has 1 aromatic rings. The van der Waals surface area contributed by atoms with Gasteiger partial charge in [0.1, 0.15) is 5.75 Å². The molecule has 98 valence electrons. The molecule has 0 spiro atoms. The number of phenols is 1. The highest BCUT2D eigenvalue weighted by Gasteiger charge is 2.61. The van der Waals surface area contributed by atoms with Crippen LogP contribution < -0.4 is 4.90 Å². The molecule has 2 bridgehead atoms. The molecule has 4 nitrogen and oxygen atoms in total. The van der Waals surface area contributed by atoms with Gasteiger partial charge in [0.25, 0.3) is 0 Å². The minimum absolute atomic E-state index is 0.0344. The second-order valence-corrected chi connectivity index (χ2v) is 5.91. The normalized spacial score (nSPS) is 36.1. The number of aromatic hydroxyl groups is 1. The Kier molecular flexibility index (Phi) is 2.08. The monoisotopic (exact) mass is 257 g/mol. The summed E-state index contributed by atoms with van der Waals surface area (Å²) in [7, 11) is 0. The summed E-state index contributed by atoms with van der Waals surface area (Å²) < 4.78 is 0. The first-order valence-electron chi connectivity index (χ1n) is 6.83. The van der Waals surface area contributed by atoms with Crippen LogP contribution in [0.2, 0.25) is 0 Å². The van der Waals surface area contributed by atoms with Crippen molar-refractivity contribution in [2.24, 2.45) is 23.7 Å². The minimum Gasteiger partial charge on any atom is -0.508 e. The number of hydrogen-bond acceptors (Lipinski definition) is 3. The van der Waals surface area contributed by atoms with Gasteiger partial charge in [0, 0.05) is 0 Å². The van der Waals surface area contributed by atoms with E-state index < -0.39 is 0 Å². The minimum atomic E-state index is -0.0833. The van der Waals surface area contributed by atoms with Gasteiger partial charge in [0.05, 0.1) is 17.5 Å². The van der Waals surface area contributed by atoms with Gasteiger partial charge in [-0.25, -0.2) is 0 Å². The van der Waals surface area contributed by atoms with Crippen LogP contribution in [0.5, 0.6) is 5.75 Å². The zero-order valence-corrected chi connectivity index (χ0v) is 10.5. The summed E-state index contributed by atoms with van der Waals surface area (Å²) in [5, 5.41) is 9.30. The summed E-state index contributed by atoms with van der Waals surface area (Å²) in [5.41, 5.74) is 0.585. The highest BCUT2D eigenvalue weighted by atomic mass is 16.3. The van der Waals surface area contributed by atoms with E-state index in [2.05, 4.69) is 0 Å². The molecule has 0 aromatic heterocycles. The Morgan fingerprint density at radius 2 is 1.47 bits per heavy atom. The molecule has 1 N–H and O–H groups in total. The summed E-state index contributed by atoms with van der Waals surface area (Å²) >= 11 is 0.